The van der Waals surface area contributed by atoms with Gasteiger partial charge in [0.25, 0.3) is 0 Å². The second kappa shape index (κ2) is 11.6. The fourth-order valence-electron chi connectivity index (χ4n) is 5.09. The molecule has 0 saturated carbocycles. The number of hydrogen-bond acceptors (Lipinski definition) is 8. The lowest BCUT2D eigenvalue weighted by Gasteiger charge is -2.28. The SMILES string of the molecule is C=CC(=O)Nc1ccc(-c2nc3ccc(CNc4nc(OC5CCN(C)CC5)nc5c(C(C)C)cnn45)cc3[nH]2)cc1. The van der Waals surface area contributed by atoms with Gasteiger partial charge < -0.3 is 25.3 Å². The number of ether oxygens (including phenoxy) is 1. The van der Waals surface area contributed by atoms with Gasteiger partial charge >= 0.3 is 6.01 Å². The average molecular weight is 566 g/mol. The number of anilines is 2. The molecule has 1 saturated heterocycles. The predicted molar refractivity (Wildman–Crippen MR) is 164 cm³/mol. The highest BCUT2D eigenvalue weighted by atomic mass is 16.5. The molecule has 0 radical (unpaired) electrons. The molecule has 0 bridgehead atoms. The number of piperidine rings is 1. The van der Waals surface area contributed by atoms with E-state index in [1.165, 1.54) is 6.08 Å². The van der Waals surface area contributed by atoms with Crippen LogP contribution in [0, 0.1) is 0 Å². The van der Waals surface area contributed by atoms with Crippen LogP contribution in [0.15, 0.2) is 61.3 Å². The number of likely N-dealkylation sites (tertiary alicyclic amines) is 1. The topological polar surface area (TPSA) is 125 Å². The molecule has 5 aromatic rings. The summed E-state index contributed by atoms with van der Waals surface area (Å²) in [5.74, 6) is 1.36. The highest BCUT2D eigenvalue weighted by Gasteiger charge is 2.22. The average Bonchev–Trinajstić information content (AvgIpc) is 3.62. The molecular formula is C31H35N9O2. The number of benzene rings is 2. The van der Waals surface area contributed by atoms with Crippen molar-refractivity contribution in [2.75, 3.05) is 30.8 Å². The number of nitrogens with one attached hydrogen (secondary N) is 3. The number of aromatic amines is 1. The van der Waals surface area contributed by atoms with E-state index in [1.54, 1.807) is 4.52 Å². The Bertz CT molecular complexity index is 1730. The number of aromatic nitrogens is 6. The molecule has 2 aromatic carbocycles. The van der Waals surface area contributed by atoms with Crippen LogP contribution in [-0.4, -0.2) is 66.6 Å². The summed E-state index contributed by atoms with van der Waals surface area (Å²) in [7, 11) is 2.13. The molecule has 0 aliphatic carbocycles. The minimum absolute atomic E-state index is 0.0982. The van der Waals surface area contributed by atoms with Crippen molar-refractivity contribution in [2.24, 2.45) is 0 Å². The minimum atomic E-state index is -0.246. The summed E-state index contributed by atoms with van der Waals surface area (Å²) in [6.45, 7) is 10.3. The van der Waals surface area contributed by atoms with E-state index >= 15 is 0 Å². The van der Waals surface area contributed by atoms with E-state index in [1.807, 2.05) is 42.6 Å². The second-order valence-corrected chi connectivity index (χ2v) is 11.0. The fourth-order valence-corrected chi connectivity index (χ4v) is 5.09. The first-order chi connectivity index (χ1) is 20.4. The number of imidazole rings is 1. The van der Waals surface area contributed by atoms with Crippen molar-refractivity contribution in [3.05, 3.63) is 72.4 Å². The van der Waals surface area contributed by atoms with Gasteiger partial charge in [0.15, 0.2) is 5.65 Å². The third kappa shape index (κ3) is 5.82. The van der Waals surface area contributed by atoms with E-state index in [0.717, 1.165) is 65.1 Å². The van der Waals surface area contributed by atoms with Crippen molar-refractivity contribution in [1.82, 2.24) is 34.4 Å². The van der Waals surface area contributed by atoms with Crippen molar-refractivity contribution in [2.45, 2.75) is 45.3 Å². The largest absolute Gasteiger partial charge is 0.460 e. The van der Waals surface area contributed by atoms with Crippen molar-refractivity contribution < 1.29 is 9.53 Å². The number of fused-ring (bicyclic) bond motifs is 2. The lowest BCUT2D eigenvalue weighted by atomic mass is 10.1. The van der Waals surface area contributed by atoms with Crippen LogP contribution in [0.1, 0.15) is 43.7 Å². The van der Waals surface area contributed by atoms with Crippen LogP contribution in [0.25, 0.3) is 28.1 Å². The molecule has 6 rings (SSSR count). The number of hydrogen-bond donors (Lipinski definition) is 3. The Kier molecular flexibility index (Phi) is 7.58. The van der Waals surface area contributed by atoms with E-state index in [-0.39, 0.29) is 17.9 Å². The molecule has 4 heterocycles. The molecule has 0 unspecified atom stereocenters. The Morgan fingerprint density at radius 2 is 1.93 bits per heavy atom. The Morgan fingerprint density at radius 3 is 2.67 bits per heavy atom. The first-order valence-corrected chi connectivity index (χ1v) is 14.2. The van der Waals surface area contributed by atoms with Gasteiger partial charge in [0.2, 0.25) is 11.9 Å². The quantitative estimate of drug-likeness (QED) is 0.213. The van der Waals surface area contributed by atoms with Gasteiger partial charge in [-0.2, -0.15) is 19.6 Å². The zero-order valence-corrected chi connectivity index (χ0v) is 24.1. The van der Waals surface area contributed by atoms with Crippen molar-refractivity contribution in [3.8, 4) is 17.4 Å². The van der Waals surface area contributed by atoms with E-state index in [2.05, 4.69) is 59.2 Å². The van der Waals surface area contributed by atoms with E-state index < -0.39 is 0 Å². The highest BCUT2D eigenvalue weighted by Crippen LogP contribution is 2.26. The molecule has 3 N–H and O–H groups in total. The molecule has 11 heteroatoms. The third-order valence-electron chi connectivity index (χ3n) is 7.54. The Morgan fingerprint density at radius 1 is 1.14 bits per heavy atom. The summed E-state index contributed by atoms with van der Waals surface area (Å²) in [5, 5.41) is 10.8. The molecule has 1 amide bonds. The lowest BCUT2D eigenvalue weighted by Crippen LogP contribution is -2.36. The van der Waals surface area contributed by atoms with Crippen LogP contribution in [0.4, 0.5) is 11.6 Å². The first-order valence-electron chi connectivity index (χ1n) is 14.2. The van der Waals surface area contributed by atoms with Crippen molar-refractivity contribution in [1.29, 1.82) is 0 Å². The molecule has 3 aromatic heterocycles. The number of amides is 1. The second-order valence-electron chi connectivity index (χ2n) is 11.0. The van der Waals surface area contributed by atoms with Crippen LogP contribution < -0.4 is 15.4 Å². The normalized spacial score (nSPS) is 14.5. The molecule has 42 heavy (non-hydrogen) atoms. The summed E-state index contributed by atoms with van der Waals surface area (Å²) < 4.78 is 8.03. The van der Waals surface area contributed by atoms with Gasteiger partial charge in [0.05, 0.1) is 17.2 Å². The molecule has 1 aliphatic heterocycles. The molecule has 0 atom stereocenters. The molecule has 0 spiro atoms. The van der Waals surface area contributed by atoms with Gasteiger partial charge in [-0.05, 0) is 73.8 Å². The number of H-pyrrole nitrogens is 1. The number of nitrogens with zero attached hydrogens (tertiary/aromatic N) is 6. The van der Waals surface area contributed by atoms with E-state index in [4.69, 9.17) is 19.7 Å². The smallest absolute Gasteiger partial charge is 0.322 e. The van der Waals surface area contributed by atoms with Crippen molar-refractivity contribution >= 4 is 34.2 Å². The van der Waals surface area contributed by atoms with Crippen molar-refractivity contribution in [3.63, 3.8) is 0 Å². The maximum absolute atomic E-state index is 11.6. The van der Waals surface area contributed by atoms with Gasteiger partial charge in [-0.3, -0.25) is 4.79 Å². The Balaban J connectivity index is 1.21. The van der Waals surface area contributed by atoms with Gasteiger partial charge in [0, 0.05) is 36.4 Å². The Labute approximate surface area is 244 Å². The maximum atomic E-state index is 11.6. The summed E-state index contributed by atoms with van der Waals surface area (Å²) in [4.78, 5) is 31.5. The maximum Gasteiger partial charge on any atom is 0.322 e. The fraction of sp³-hybridized carbons (Fsp3) is 0.323. The summed E-state index contributed by atoms with van der Waals surface area (Å²) in [5.41, 5.74) is 6.27. The molecule has 11 nitrogen and oxygen atoms in total. The number of rotatable bonds is 9. The van der Waals surface area contributed by atoms with Gasteiger partial charge in [-0.25, -0.2) is 4.98 Å². The summed E-state index contributed by atoms with van der Waals surface area (Å²) in [6, 6.07) is 14.0. The van der Waals surface area contributed by atoms with E-state index in [9.17, 15) is 4.79 Å². The molecule has 216 valence electrons. The standard InChI is InChI=1S/C31H35N9O2/c1-5-27(41)34-22-9-7-21(8-10-22)28-35-25-11-6-20(16-26(25)36-28)17-32-30-38-31(42-23-12-14-39(4)15-13-23)37-29-24(19(2)3)18-33-40(29)30/h5-11,16,18-19,23H,1,12-15,17H2,2-4H3,(H,34,41)(H,35,36)(H,32,37,38). The van der Waals surface area contributed by atoms with Gasteiger partial charge in [0.1, 0.15) is 11.9 Å². The summed E-state index contributed by atoms with van der Waals surface area (Å²) in [6.07, 6.45) is 5.10. The van der Waals surface area contributed by atoms with Gasteiger partial charge in [-0.15, -0.1) is 0 Å². The monoisotopic (exact) mass is 565 g/mol. The molecule has 1 aliphatic rings. The first kappa shape index (κ1) is 27.4. The molecule has 1 fully saturated rings. The highest BCUT2D eigenvalue weighted by molar-refractivity contribution is 5.99. The van der Waals surface area contributed by atoms with Gasteiger partial charge in [-0.1, -0.05) is 26.5 Å². The number of carbonyl (C=O) groups excluding carboxylic acids is 1. The zero-order chi connectivity index (χ0) is 29.2. The lowest BCUT2D eigenvalue weighted by molar-refractivity contribution is -0.111. The molecular weight excluding hydrogens is 530 g/mol. The van der Waals surface area contributed by atoms with Crippen LogP contribution in [0.2, 0.25) is 0 Å². The summed E-state index contributed by atoms with van der Waals surface area (Å²) >= 11 is 0. The van der Waals surface area contributed by atoms with Crippen LogP contribution in [0.3, 0.4) is 0 Å². The zero-order valence-electron chi connectivity index (χ0n) is 24.1. The Hall–Kier alpha value is -4.77. The van der Waals surface area contributed by atoms with Crippen LogP contribution >= 0.6 is 0 Å². The van der Waals surface area contributed by atoms with Crippen LogP contribution in [-0.2, 0) is 11.3 Å². The third-order valence-corrected chi connectivity index (χ3v) is 7.54. The minimum Gasteiger partial charge on any atom is -0.460 e. The van der Waals surface area contributed by atoms with Crippen LogP contribution in [0.5, 0.6) is 6.01 Å². The number of carbonyl (C=O) groups is 1. The predicted octanol–water partition coefficient (Wildman–Crippen LogP) is 5.00. The van der Waals surface area contributed by atoms with E-state index in [0.29, 0.717) is 24.2 Å².